The smallest absolute Gasteiger partial charge is 0.328 e. The van der Waals surface area contributed by atoms with Crippen LogP contribution in [-0.2, 0) is 6.42 Å². The number of fused-ring (bicyclic) bond motifs is 2. The fourth-order valence-corrected chi connectivity index (χ4v) is 4.68. The van der Waals surface area contributed by atoms with Gasteiger partial charge in [-0.3, -0.25) is 10.2 Å². The predicted octanol–water partition coefficient (Wildman–Crippen LogP) is 5.65. The second-order valence-electron chi connectivity index (χ2n) is 8.10. The number of imidazole rings is 1. The van der Waals surface area contributed by atoms with Crippen molar-refractivity contribution in [1.82, 2.24) is 15.3 Å². The van der Waals surface area contributed by atoms with Crippen LogP contribution in [0.3, 0.4) is 0 Å². The first-order chi connectivity index (χ1) is 16.2. The molecular formula is C25H20BrN5O2. The number of carbonyl (C=O) groups excluding carboxylic acids is 1. The predicted molar refractivity (Wildman–Crippen MR) is 131 cm³/mol. The van der Waals surface area contributed by atoms with E-state index in [2.05, 4.69) is 31.2 Å². The summed E-state index contributed by atoms with van der Waals surface area (Å²) < 4.78 is 6.71. The van der Waals surface area contributed by atoms with E-state index in [9.17, 15) is 4.79 Å². The summed E-state index contributed by atoms with van der Waals surface area (Å²) in [6.07, 6.45) is 3.61. The Morgan fingerprint density at radius 1 is 1.09 bits per heavy atom. The van der Waals surface area contributed by atoms with Gasteiger partial charge in [0.1, 0.15) is 17.6 Å². The number of benzene rings is 3. The van der Waals surface area contributed by atoms with Gasteiger partial charge in [0.25, 0.3) is 0 Å². The normalized spacial score (nSPS) is 18.9. The van der Waals surface area contributed by atoms with Crippen LogP contribution in [0.1, 0.15) is 23.6 Å². The standard InChI is InChI=1S/C25H20BrN5O2/c26-17-5-3-15(4-6-17)23-24(29-18-7-10-22-16(12-18)2-1-11-33-22)30-25(32)31(23)19-8-9-20-21(13-19)28-14-27-20/h3-10,12-14,23H,1-2,11H2,(H,27,28)(H,29,30,32). The molecule has 0 saturated carbocycles. The van der Waals surface area contributed by atoms with Gasteiger partial charge in [0.2, 0.25) is 0 Å². The molecule has 0 bridgehead atoms. The van der Waals surface area contributed by atoms with E-state index in [1.54, 1.807) is 11.2 Å². The first-order valence-electron chi connectivity index (χ1n) is 10.8. The van der Waals surface area contributed by atoms with Crippen molar-refractivity contribution in [2.75, 3.05) is 11.5 Å². The summed E-state index contributed by atoms with van der Waals surface area (Å²) in [7, 11) is 0. The highest BCUT2D eigenvalue weighted by Gasteiger charge is 2.39. The van der Waals surface area contributed by atoms with Gasteiger partial charge in [-0.15, -0.1) is 0 Å². The van der Waals surface area contributed by atoms with Crippen LogP contribution >= 0.6 is 15.9 Å². The van der Waals surface area contributed by atoms with Crippen LogP contribution in [-0.4, -0.2) is 28.4 Å². The molecule has 1 fully saturated rings. The van der Waals surface area contributed by atoms with Gasteiger partial charge >= 0.3 is 6.03 Å². The summed E-state index contributed by atoms with van der Waals surface area (Å²) in [5.74, 6) is 1.50. The molecule has 1 saturated heterocycles. The van der Waals surface area contributed by atoms with Crippen molar-refractivity contribution in [1.29, 1.82) is 0 Å². The van der Waals surface area contributed by atoms with Gasteiger partial charge in [0.15, 0.2) is 0 Å². The van der Waals surface area contributed by atoms with E-state index in [0.717, 1.165) is 63.2 Å². The number of rotatable bonds is 3. The highest BCUT2D eigenvalue weighted by atomic mass is 79.9. The molecule has 0 spiro atoms. The molecule has 2 aliphatic rings. The van der Waals surface area contributed by atoms with E-state index in [-0.39, 0.29) is 6.03 Å². The number of amidine groups is 1. The average Bonchev–Trinajstić information content (AvgIpc) is 3.43. The first kappa shape index (κ1) is 20.0. The summed E-state index contributed by atoms with van der Waals surface area (Å²) >= 11 is 3.50. The molecule has 1 atom stereocenters. The Hall–Kier alpha value is -3.65. The van der Waals surface area contributed by atoms with E-state index in [0.29, 0.717) is 5.84 Å². The van der Waals surface area contributed by atoms with Crippen molar-refractivity contribution in [3.8, 4) is 5.75 Å². The fraction of sp³-hybridized carbons (Fsp3) is 0.160. The third-order valence-electron chi connectivity index (χ3n) is 5.98. The van der Waals surface area contributed by atoms with E-state index in [4.69, 9.17) is 9.73 Å². The van der Waals surface area contributed by atoms with Crippen molar-refractivity contribution < 1.29 is 9.53 Å². The lowest BCUT2D eigenvalue weighted by atomic mass is 10.0. The summed E-state index contributed by atoms with van der Waals surface area (Å²) in [6, 6.07) is 19.0. The van der Waals surface area contributed by atoms with Crippen molar-refractivity contribution >= 4 is 50.2 Å². The Labute approximate surface area is 198 Å². The SMILES string of the molecule is O=C1NC(=Nc2ccc3c(c2)CCCO3)C(c2ccc(Br)cc2)N1c1ccc2nc[nH]c2c1. The Morgan fingerprint density at radius 3 is 2.85 bits per heavy atom. The average molecular weight is 502 g/mol. The maximum atomic E-state index is 13.2. The first-order valence-corrected chi connectivity index (χ1v) is 11.6. The Bertz CT molecular complexity index is 1400. The minimum Gasteiger partial charge on any atom is -0.493 e. The van der Waals surface area contributed by atoms with Crippen LogP contribution in [0.2, 0.25) is 0 Å². The number of urea groups is 1. The Balaban J connectivity index is 1.45. The van der Waals surface area contributed by atoms with Gasteiger partial charge in [-0.25, -0.2) is 14.8 Å². The molecule has 3 aromatic carbocycles. The lowest BCUT2D eigenvalue weighted by Crippen LogP contribution is -2.29. The van der Waals surface area contributed by atoms with Crippen molar-refractivity contribution in [2.45, 2.75) is 18.9 Å². The topological polar surface area (TPSA) is 82.6 Å². The number of hydrogen-bond donors (Lipinski definition) is 2. The summed E-state index contributed by atoms with van der Waals surface area (Å²) in [6.45, 7) is 0.748. The second-order valence-corrected chi connectivity index (χ2v) is 9.01. The molecule has 0 radical (unpaired) electrons. The number of halogens is 1. The number of ether oxygens (including phenoxy) is 1. The second kappa shape index (κ2) is 8.04. The highest BCUT2D eigenvalue weighted by Crippen LogP contribution is 2.36. The third-order valence-corrected chi connectivity index (χ3v) is 6.51. The number of amides is 2. The molecule has 2 N–H and O–H groups in total. The molecule has 0 aliphatic carbocycles. The molecule has 4 aromatic rings. The number of aliphatic imine (C=N–C) groups is 1. The van der Waals surface area contributed by atoms with E-state index >= 15 is 0 Å². The van der Waals surface area contributed by atoms with Crippen LogP contribution in [0.25, 0.3) is 11.0 Å². The number of nitrogens with zero attached hydrogens (tertiary/aromatic N) is 3. The quantitative estimate of drug-likeness (QED) is 0.380. The molecule has 2 amide bonds. The molecule has 33 heavy (non-hydrogen) atoms. The van der Waals surface area contributed by atoms with Crippen LogP contribution in [0.15, 0.2) is 76.5 Å². The number of H-pyrrole nitrogens is 1. The van der Waals surface area contributed by atoms with Crippen LogP contribution in [0.4, 0.5) is 16.2 Å². The number of nitrogens with one attached hydrogen (secondary N) is 2. The molecule has 1 aromatic heterocycles. The lowest BCUT2D eigenvalue weighted by molar-refractivity contribution is 0.252. The fourth-order valence-electron chi connectivity index (χ4n) is 4.41. The van der Waals surface area contributed by atoms with Crippen LogP contribution in [0.5, 0.6) is 5.75 Å². The lowest BCUT2D eigenvalue weighted by Gasteiger charge is -2.23. The van der Waals surface area contributed by atoms with Gasteiger partial charge in [0, 0.05) is 10.2 Å². The van der Waals surface area contributed by atoms with Crippen molar-refractivity contribution in [3.05, 3.63) is 82.6 Å². The molecule has 164 valence electrons. The zero-order valence-corrected chi connectivity index (χ0v) is 19.2. The van der Waals surface area contributed by atoms with Gasteiger partial charge < -0.3 is 9.72 Å². The largest absolute Gasteiger partial charge is 0.493 e. The molecule has 2 aliphatic heterocycles. The number of aryl methyl sites for hydroxylation is 1. The monoisotopic (exact) mass is 501 g/mol. The van der Waals surface area contributed by atoms with Crippen LogP contribution < -0.4 is 15.0 Å². The third kappa shape index (κ3) is 3.66. The minimum absolute atomic E-state index is 0.221. The van der Waals surface area contributed by atoms with Gasteiger partial charge in [-0.1, -0.05) is 28.1 Å². The molecule has 7 nitrogen and oxygen atoms in total. The summed E-state index contributed by atoms with van der Waals surface area (Å²) in [5, 5.41) is 3.00. The minimum atomic E-state index is -0.391. The van der Waals surface area contributed by atoms with E-state index in [1.807, 2.05) is 60.7 Å². The highest BCUT2D eigenvalue weighted by molar-refractivity contribution is 9.10. The number of carbonyl (C=O) groups is 1. The maximum Gasteiger partial charge on any atom is 0.328 e. The number of anilines is 1. The van der Waals surface area contributed by atoms with E-state index in [1.165, 1.54) is 0 Å². The van der Waals surface area contributed by atoms with Crippen molar-refractivity contribution in [2.24, 2.45) is 4.99 Å². The number of aromatic nitrogens is 2. The molecule has 8 heteroatoms. The van der Waals surface area contributed by atoms with Gasteiger partial charge in [-0.05, 0) is 72.5 Å². The van der Waals surface area contributed by atoms with Gasteiger partial charge in [0.05, 0.1) is 29.7 Å². The zero-order chi connectivity index (χ0) is 22.4. The number of hydrogen-bond acceptors (Lipinski definition) is 4. The van der Waals surface area contributed by atoms with E-state index < -0.39 is 6.04 Å². The molecule has 3 heterocycles. The Kier molecular flexibility index (Phi) is 4.87. The Morgan fingerprint density at radius 2 is 1.97 bits per heavy atom. The summed E-state index contributed by atoms with van der Waals surface area (Å²) in [4.78, 5) is 27.2. The van der Waals surface area contributed by atoms with Crippen LogP contribution in [0, 0.1) is 0 Å². The van der Waals surface area contributed by atoms with Crippen molar-refractivity contribution in [3.63, 3.8) is 0 Å². The zero-order valence-electron chi connectivity index (χ0n) is 17.6. The van der Waals surface area contributed by atoms with Gasteiger partial charge in [-0.2, -0.15) is 0 Å². The molecule has 6 rings (SSSR count). The summed E-state index contributed by atoms with van der Waals surface area (Å²) in [5.41, 5.74) is 5.39. The molecular weight excluding hydrogens is 482 g/mol. The number of aromatic amines is 1. The molecule has 1 unspecified atom stereocenters. The maximum absolute atomic E-state index is 13.2.